The second-order valence-electron chi connectivity index (χ2n) is 10.3. The number of fused-ring (bicyclic) bond motifs is 1. The highest BCUT2D eigenvalue weighted by atomic mass is 32.2. The van der Waals surface area contributed by atoms with E-state index in [1.165, 1.54) is 28.5 Å². The number of carbonyl (C=O) groups excluding carboxylic acids is 2. The fraction of sp³-hybridized carbons (Fsp3) is 0.679. The first-order chi connectivity index (χ1) is 17.7. The third-order valence-corrected chi connectivity index (χ3v) is 9.15. The molecule has 208 valence electrons. The van der Waals surface area contributed by atoms with Crippen molar-refractivity contribution in [3.8, 4) is 0 Å². The van der Waals surface area contributed by atoms with Crippen LogP contribution in [0.2, 0.25) is 0 Å². The van der Waals surface area contributed by atoms with Crippen LogP contribution in [-0.4, -0.2) is 63.6 Å². The Kier molecular flexibility index (Phi) is 14.3. The lowest BCUT2D eigenvalue weighted by atomic mass is 10.0. The molecule has 4 N–H and O–H groups in total. The summed E-state index contributed by atoms with van der Waals surface area (Å²) in [4.78, 5) is 35.4. The number of amides is 3. The molecular weight excluding hydrogens is 506 g/mol. The number of rotatable bonds is 17. The summed E-state index contributed by atoms with van der Waals surface area (Å²) in [6.45, 7) is 8.56. The molecule has 0 radical (unpaired) electrons. The van der Waals surface area contributed by atoms with Crippen LogP contribution in [0.4, 0.5) is 4.79 Å². The van der Waals surface area contributed by atoms with Gasteiger partial charge in [0.15, 0.2) is 0 Å². The fourth-order valence-electron chi connectivity index (χ4n) is 4.44. The van der Waals surface area contributed by atoms with Crippen LogP contribution in [0.5, 0.6) is 0 Å². The van der Waals surface area contributed by atoms with Gasteiger partial charge in [-0.2, -0.15) is 23.5 Å². The Balaban J connectivity index is 1.59. The van der Waals surface area contributed by atoms with Gasteiger partial charge in [0, 0.05) is 28.9 Å². The van der Waals surface area contributed by atoms with Crippen LogP contribution in [0.15, 0.2) is 34.9 Å². The molecule has 7 nitrogen and oxygen atoms in total. The van der Waals surface area contributed by atoms with Crippen molar-refractivity contribution < 1.29 is 19.5 Å². The molecule has 37 heavy (non-hydrogen) atoms. The number of thioether (sulfide) groups is 2. The first-order valence-corrected chi connectivity index (χ1v) is 15.6. The number of aliphatic carboxylic acids is 1. The van der Waals surface area contributed by atoms with Gasteiger partial charge in [0.1, 0.15) is 6.04 Å². The van der Waals surface area contributed by atoms with Crippen molar-refractivity contribution >= 4 is 41.4 Å². The van der Waals surface area contributed by atoms with Crippen molar-refractivity contribution in [3.05, 3.63) is 34.9 Å². The molecular formula is C28H45N3O4S2. The van der Waals surface area contributed by atoms with Crippen molar-refractivity contribution in [2.45, 2.75) is 102 Å². The minimum absolute atomic E-state index is 0.0867. The molecule has 0 saturated carbocycles. The minimum atomic E-state index is -0.992. The molecule has 3 amide bonds. The van der Waals surface area contributed by atoms with E-state index in [0.29, 0.717) is 23.8 Å². The Morgan fingerprint density at radius 3 is 2.46 bits per heavy atom. The monoisotopic (exact) mass is 551 g/mol. The molecule has 2 aliphatic rings. The van der Waals surface area contributed by atoms with E-state index in [4.69, 9.17) is 0 Å². The third kappa shape index (κ3) is 12.5. The number of hydrogen-bond donors (Lipinski definition) is 4. The molecule has 0 aliphatic carbocycles. The Morgan fingerprint density at radius 2 is 1.76 bits per heavy atom. The summed E-state index contributed by atoms with van der Waals surface area (Å²) >= 11 is 3.39. The van der Waals surface area contributed by atoms with Gasteiger partial charge < -0.3 is 21.1 Å². The highest BCUT2D eigenvalue weighted by Gasteiger charge is 2.42. The molecule has 4 atom stereocenters. The van der Waals surface area contributed by atoms with Gasteiger partial charge in [0.25, 0.3) is 0 Å². The number of carboxylic acid groups (broad SMARTS) is 1. The predicted molar refractivity (Wildman–Crippen MR) is 156 cm³/mol. The number of carbonyl (C=O) groups is 3. The minimum Gasteiger partial charge on any atom is -0.480 e. The quantitative estimate of drug-likeness (QED) is 0.109. The average Bonchev–Trinajstić information content (AvgIpc) is 3.37. The van der Waals surface area contributed by atoms with Crippen molar-refractivity contribution in [1.29, 1.82) is 0 Å². The number of urea groups is 1. The largest absolute Gasteiger partial charge is 0.480 e. The lowest BCUT2D eigenvalue weighted by Crippen LogP contribution is -2.42. The third-order valence-electron chi connectivity index (χ3n) is 6.67. The number of hydrogen-bond acceptors (Lipinski definition) is 5. The van der Waals surface area contributed by atoms with Gasteiger partial charge in [0.05, 0.1) is 12.1 Å². The Hall–Kier alpha value is -1.87. The van der Waals surface area contributed by atoms with Crippen molar-refractivity contribution in [1.82, 2.24) is 16.0 Å². The number of allylic oxidation sites excluding steroid dienone is 5. The average molecular weight is 552 g/mol. The van der Waals surface area contributed by atoms with Gasteiger partial charge in [-0.3, -0.25) is 4.79 Å². The molecule has 0 aromatic rings. The van der Waals surface area contributed by atoms with Gasteiger partial charge in [-0.15, -0.1) is 0 Å². The number of unbranched alkanes of at least 4 members (excludes halogenated alkanes) is 1. The Labute approximate surface area is 231 Å². The Bertz CT molecular complexity index is 867. The lowest BCUT2D eigenvalue weighted by molar-refractivity contribution is -0.141. The van der Waals surface area contributed by atoms with E-state index in [9.17, 15) is 19.5 Å². The maximum absolute atomic E-state index is 12.3. The normalized spacial score (nSPS) is 22.2. The van der Waals surface area contributed by atoms with Crippen LogP contribution in [0, 0.1) is 0 Å². The molecule has 0 spiro atoms. The van der Waals surface area contributed by atoms with E-state index in [-0.39, 0.29) is 24.0 Å². The molecule has 2 heterocycles. The fourth-order valence-corrected chi connectivity index (χ4v) is 6.98. The Morgan fingerprint density at radius 1 is 1.05 bits per heavy atom. The summed E-state index contributed by atoms with van der Waals surface area (Å²) in [5.74, 6) is 0.811. The second kappa shape index (κ2) is 16.9. The van der Waals surface area contributed by atoms with Crippen LogP contribution in [0.1, 0.15) is 79.1 Å². The zero-order valence-electron chi connectivity index (χ0n) is 22.8. The topological polar surface area (TPSA) is 108 Å². The van der Waals surface area contributed by atoms with Gasteiger partial charge in [-0.05, 0) is 66.2 Å². The molecule has 2 aliphatic heterocycles. The highest BCUT2D eigenvalue weighted by molar-refractivity contribution is 8.00. The van der Waals surface area contributed by atoms with Gasteiger partial charge in [-0.1, -0.05) is 41.4 Å². The summed E-state index contributed by atoms with van der Waals surface area (Å²) in [6, 6.07) is -0.572. The summed E-state index contributed by atoms with van der Waals surface area (Å²) in [7, 11) is 0. The molecule has 0 aromatic heterocycles. The van der Waals surface area contributed by atoms with Crippen molar-refractivity contribution in [2.75, 3.05) is 17.3 Å². The molecule has 2 fully saturated rings. The molecule has 2 rings (SSSR count). The number of carboxylic acids is 1. The molecule has 0 unspecified atom stereocenters. The van der Waals surface area contributed by atoms with Gasteiger partial charge >= 0.3 is 12.0 Å². The van der Waals surface area contributed by atoms with Crippen LogP contribution < -0.4 is 16.0 Å². The second-order valence-corrected chi connectivity index (χ2v) is 12.7. The standard InChI is InChI=1S/C28H45N3O4S2/c1-19(2)9-7-10-20(3)11-8-12-21(4)15-16-36-17-23(27(33)34)29-25(32)14-6-5-13-24-26-22(18-37-24)30-28(35)31-26/h9,11,15,22-24,26H,5-8,10,12-14,16-18H2,1-4H3,(H,29,32)(H,33,34)(H2,30,31,35)/b20-11+,21-15+/t22-,23-,24-,26-/m0/s1. The highest BCUT2D eigenvalue weighted by Crippen LogP contribution is 2.33. The number of nitrogens with one attached hydrogen (secondary N) is 3. The summed E-state index contributed by atoms with van der Waals surface area (Å²) in [5.41, 5.74) is 4.09. The first kappa shape index (κ1) is 31.3. The smallest absolute Gasteiger partial charge is 0.327 e. The van der Waals surface area contributed by atoms with Crippen LogP contribution in [-0.2, 0) is 9.59 Å². The van der Waals surface area contributed by atoms with Crippen molar-refractivity contribution in [2.24, 2.45) is 0 Å². The van der Waals surface area contributed by atoms with Crippen LogP contribution in [0.25, 0.3) is 0 Å². The molecule has 0 bridgehead atoms. The van der Waals surface area contributed by atoms with Gasteiger partial charge in [0.2, 0.25) is 5.91 Å². The maximum Gasteiger partial charge on any atom is 0.327 e. The maximum atomic E-state index is 12.3. The zero-order chi connectivity index (χ0) is 27.2. The molecule has 9 heteroatoms. The summed E-state index contributed by atoms with van der Waals surface area (Å²) < 4.78 is 0. The van der Waals surface area contributed by atoms with Crippen LogP contribution >= 0.6 is 23.5 Å². The summed E-state index contributed by atoms with van der Waals surface area (Å²) in [5, 5.41) is 18.5. The van der Waals surface area contributed by atoms with E-state index in [2.05, 4.69) is 61.9 Å². The van der Waals surface area contributed by atoms with E-state index >= 15 is 0 Å². The van der Waals surface area contributed by atoms with E-state index < -0.39 is 12.0 Å². The van der Waals surface area contributed by atoms with Gasteiger partial charge in [-0.25, -0.2) is 9.59 Å². The zero-order valence-corrected chi connectivity index (χ0v) is 24.4. The lowest BCUT2D eigenvalue weighted by Gasteiger charge is -2.17. The van der Waals surface area contributed by atoms with E-state index in [0.717, 1.165) is 50.0 Å². The first-order valence-electron chi connectivity index (χ1n) is 13.4. The molecule has 0 aromatic carbocycles. The van der Waals surface area contributed by atoms with Crippen LogP contribution in [0.3, 0.4) is 0 Å². The predicted octanol–water partition coefficient (Wildman–Crippen LogP) is 5.43. The molecule has 2 saturated heterocycles. The van der Waals surface area contributed by atoms with Crippen molar-refractivity contribution in [3.63, 3.8) is 0 Å². The SMILES string of the molecule is CC(C)=CCC/C(C)=C/CC/C(C)=C/CSC[C@H](NC(=O)CCCC[C@@H]1SC[C@@H]2NC(=O)N[C@@H]21)C(=O)O. The van der Waals surface area contributed by atoms with E-state index in [1.807, 2.05) is 11.8 Å². The van der Waals surface area contributed by atoms with E-state index in [1.54, 1.807) is 0 Å². The summed E-state index contributed by atoms with van der Waals surface area (Å²) in [6.07, 6.45) is 13.8.